The minimum atomic E-state index is -0.325. The first-order chi connectivity index (χ1) is 9.08. The highest BCUT2D eigenvalue weighted by molar-refractivity contribution is 5.73. The van der Waals surface area contributed by atoms with Crippen LogP contribution in [0.3, 0.4) is 0 Å². The van der Waals surface area contributed by atoms with Gasteiger partial charge in [-0.25, -0.2) is 4.79 Å². The van der Waals surface area contributed by atoms with Gasteiger partial charge in [-0.1, -0.05) is 6.92 Å². The second kappa shape index (κ2) is 8.53. The van der Waals surface area contributed by atoms with E-state index in [9.17, 15) is 9.90 Å². The number of nitrogens with zero attached hydrogens (tertiary/aromatic N) is 2. The van der Waals surface area contributed by atoms with Crippen molar-refractivity contribution in [3.05, 3.63) is 18.5 Å². The van der Waals surface area contributed by atoms with E-state index in [1.807, 2.05) is 23.9 Å². The summed E-state index contributed by atoms with van der Waals surface area (Å²) in [4.78, 5) is 11.5. The number of aliphatic hydroxyl groups is 1. The highest BCUT2D eigenvalue weighted by atomic mass is 16.3. The van der Waals surface area contributed by atoms with Crippen molar-refractivity contribution >= 4 is 6.03 Å². The van der Waals surface area contributed by atoms with Crippen molar-refractivity contribution in [1.82, 2.24) is 20.4 Å². The minimum Gasteiger partial charge on any atom is -0.393 e. The standard InChI is InChI=1S/C13H24N4O2/c1-11(9-12(2)18)10-15-13(19)14-5-3-7-17-8-4-6-16-17/h4,6,8,11-12,18H,3,5,7,9-10H2,1-2H3,(H2,14,15,19). The predicted molar refractivity (Wildman–Crippen MR) is 73.7 cm³/mol. The van der Waals surface area contributed by atoms with Crippen LogP contribution in [0, 0.1) is 5.92 Å². The summed E-state index contributed by atoms with van der Waals surface area (Å²) < 4.78 is 1.84. The minimum absolute atomic E-state index is 0.155. The number of aromatic nitrogens is 2. The smallest absolute Gasteiger partial charge is 0.314 e. The van der Waals surface area contributed by atoms with Crippen molar-refractivity contribution in [3.63, 3.8) is 0 Å². The molecule has 19 heavy (non-hydrogen) atoms. The van der Waals surface area contributed by atoms with Gasteiger partial charge in [-0.3, -0.25) is 4.68 Å². The van der Waals surface area contributed by atoms with E-state index in [-0.39, 0.29) is 18.1 Å². The van der Waals surface area contributed by atoms with Gasteiger partial charge in [0.1, 0.15) is 0 Å². The van der Waals surface area contributed by atoms with Crippen LogP contribution in [0.25, 0.3) is 0 Å². The summed E-state index contributed by atoms with van der Waals surface area (Å²) in [6.07, 6.45) is 4.85. The number of carbonyl (C=O) groups is 1. The summed E-state index contributed by atoms with van der Waals surface area (Å²) in [5, 5.41) is 18.9. The molecule has 2 amide bonds. The topological polar surface area (TPSA) is 79.2 Å². The predicted octanol–water partition coefficient (Wildman–Crippen LogP) is 0.979. The van der Waals surface area contributed by atoms with Crippen molar-refractivity contribution in [3.8, 4) is 0 Å². The molecule has 0 aliphatic carbocycles. The molecule has 0 saturated carbocycles. The molecule has 0 bridgehead atoms. The van der Waals surface area contributed by atoms with Crippen molar-refractivity contribution in [1.29, 1.82) is 0 Å². The number of carbonyl (C=O) groups excluding carboxylic acids is 1. The molecule has 6 heteroatoms. The molecule has 0 fully saturated rings. The normalized spacial score (nSPS) is 13.8. The number of aryl methyl sites for hydroxylation is 1. The van der Waals surface area contributed by atoms with Crippen molar-refractivity contribution < 1.29 is 9.90 Å². The summed E-state index contributed by atoms with van der Waals surface area (Å²) in [5.41, 5.74) is 0. The highest BCUT2D eigenvalue weighted by Gasteiger charge is 2.07. The Morgan fingerprint density at radius 1 is 1.42 bits per heavy atom. The van der Waals surface area contributed by atoms with Gasteiger partial charge in [0.25, 0.3) is 0 Å². The Hall–Kier alpha value is -1.56. The Labute approximate surface area is 114 Å². The lowest BCUT2D eigenvalue weighted by Crippen LogP contribution is -2.38. The van der Waals surface area contributed by atoms with E-state index < -0.39 is 0 Å². The molecule has 6 nitrogen and oxygen atoms in total. The molecule has 0 aromatic carbocycles. The maximum atomic E-state index is 11.5. The summed E-state index contributed by atoms with van der Waals surface area (Å²) in [5.74, 6) is 0.273. The lowest BCUT2D eigenvalue weighted by Gasteiger charge is -2.14. The van der Waals surface area contributed by atoms with Gasteiger partial charge in [0, 0.05) is 32.0 Å². The molecule has 1 aromatic rings. The molecule has 1 aromatic heterocycles. The largest absolute Gasteiger partial charge is 0.393 e. The fourth-order valence-corrected chi connectivity index (χ4v) is 1.87. The molecule has 0 radical (unpaired) electrons. The van der Waals surface area contributed by atoms with Crippen molar-refractivity contribution in [2.24, 2.45) is 5.92 Å². The monoisotopic (exact) mass is 268 g/mol. The summed E-state index contributed by atoms with van der Waals surface area (Å²) >= 11 is 0. The van der Waals surface area contributed by atoms with Crippen molar-refractivity contribution in [2.45, 2.75) is 39.3 Å². The zero-order valence-electron chi connectivity index (χ0n) is 11.7. The van der Waals surface area contributed by atoms with Gasteiger partial charge in [-0.15, -0.1) is 0 Å². The second-order valence-corrected chi connectivity index (χ2v) is 4.95. The summed E-state index contributed by atoms with van der Waals surface area (Å²) in [6, 6.07) is 1.72. The third kappa shape index (κ3) is 7.46. The maximum absolute atomic E-state index is 11.5. The van der Waals surface area contributed by atoms with Crippen LogP contribution in [0.4, 0.5) is 4.79 Å². The maximum Gasteiger partial charge on any atom is 0.314 e. The Kier molecular flexibility index (Phi) is 6.95. The molecular formula is C13H24N4O2. The van der Waals surface area contributed by atoms with E-state index in [1.165, 1.54) is 0 Å². The lowest BCUT2D eigenvalue weighted by atomic mass is 10.1. The third-order valence-electron chi connectivity index (χ3n) is 2.76. The average molecular weight is 268 g/mol. The van der Waals surface area contributed by atoms with E-state index >= 15 is 0 Å². The number of amides is 2. The van der Waals surface area contributed by atoms with Gasteiger partial charge in [-0.05, 0) is 31.7 Å². The van der Waals surface area contributed by atoms with E-state index in [2.05, 4.69) is 15.7 Å². The van der Waals surface area contributed by atoms with Crippen LogP contribution in [0.5, 0.6) is 0 Å². The summed E-state index contributed by atoms with van der Waals surface area (Å²) in [6.45, 7) is 5.76. The molecule has 0 spiro atoms. The summed E-state index contributed by atoms with van der Waals surface area (Å²) in [7, 11) is 0. The molecule has 1 heterocycles. The van der Waals surface area contributed by atoms with Gasteiger partial charge < -0.3 is 15.7 Å². The molecule has 108 valence electrons. The van der Waals surface area contributed by atoms with Crippen molar-refractivity contribution in [2.75, 3.05) is 13.1 Å². The number of hydrogen-bond acceptors (Lipinski definition) is 3. The van der Waals surface area contributed by atoms with Crippen LogP contribution in [0.2, 0.25) is 0 Å². The van der Waals surface area contributed by atoms with Crippen LogP contribution >= 0.6 is 0 Å². The van der Waals surface area contributed by atoms with E-state index in [0.717, 1.165) is 13.0 Å². The van der Waals surface area contributed by atoms with E-state index in [4.69, 9.17) is 0 Å². The number of urea groups is 1. The molecule has 2 unspecified atom stereocenters. The fraction of sp³-hybridized carbons (Fsp3) is 0.692. The lowest BCUT2D eigenvalue weighted by molar-refractivity contribution is 0.163. The van der Waals surface area contributed by atoms with Crippen LogP contribution < -0.4 is 10.6 Å². The first-order valence-corrected chi connectivity index (χ1v) is 6.75. The van der Waals surface area contributed by atoms with Crippen LogP contribution in [0.15, 0.2) is 18.5 Å². The van der Waals surface area contributed by atoms with Gasteiger partial charge in [-0.2, -0.15) is 5.10 Å². The molecular weight excluding hydrogens is 244 g/mol. The van der Waals surface area contributed by atoms with E-state index in [1.54, 1.807) is 13.1 Å². The Morgan fingerprint density at radius 3 is 2.84 bits per heavy atom. The molecule has 1 rings (SSSR count). The number of nitrogens with one attached hydrogen (secondary N) is 2. The molecule has 0 aliphatic heterocycles. The fourth-order valence-electron chi connectivity index (χ4n) is 1.87. The Bertz CT molecular complexity index is 352. The molecule has 0 aliphatic rings. The Morgan fingerprint density at radius 2 is 2.21 bits per heavy atom. The van der Waals surface area contributed by atoms with Gasteiger partial charge in [0.2, 0.25) is 0 Å². The second-order valence-electron chi connectivity index (χ2n) is 4.95. The highest BCUT2D eigenvalue weighted by Crippen LogP contribution is 2.03. The average Bonchev–Trinajstić information content (AvgIpc) is 2.84. The van der Waals surface area contributed by atoms with Gasteiger partial charge in [0.05, 0.1) is 6.10 Å². The number of hydrogen-bond donors (Lipinski definition) is 3. The quantitative estimate of drug-likeness (QED) is 0.615. The van der Waals surface area contributed by atoms with Crippen LogP contribution in [0.1, 0.15) is 26.7 Å². The molecule has 0 saturated heterocycles. The zero-order chi connectivity index (χ0) is 14.1. The SMILES string of the molecule is CC(O)CC(C)CNC(=O)NCCCn1cccn1. The Balaban J connectivity index is 2.01. The van der Waals surface area contributed by atoms with Gasteiger partial charge >= 0.3 is 6.03 Å². The zero-order valence-corrected chi connectivity index (χ0v) is 11.7. The first kappa shape index (κ1) is 15.5. The first-order valence-electron chi connectivity index (χ1n) is 6.75. The van der Waals surface area contributed by atoms with Crippen LogP contribution in [-0.4, -0.2) is 40.1 Å². The number of rotatable bonds is 8. The molecule has 2 atom stereocenters. The molecule has 3 N–H and O–H groups in total. The number of aliphatic hydroxyl groups excluding tert-OH is 1. The van der Waals surface area contributed by atoms with Gasteiger partial charge in [0.15, 0.2) is 0 Å². The van der Waals surface area contributed by atoms with E-state index in [0.29, 0.717) is 19.5 Å². The van der Waals surface area contributed by atoms with Crippen LogP contribution in [-0.2, 0) is 6.54 Å². The third-order valence-corrected chi connectivity index (χ3v) is 2.76.